The predicted molar refractivity (Wildman–Crippen MR) is 115 cm³/mol. The maximum Gasteiger partial charge on any atom is 0.183 e. The van der Waals surface area contributed by atoms with Crippen molar-refractivity contribution in [3.63, 3.8) is 0 Å². The summed E-state index contributed by atoms with van der Waals surface area (Å²) in [7, 11) is 0. The largest absolute Gasteiger partial charge is 0.380 e. The van der Waals surface area contributed by atoms with Crippen LogP contribution < -0.4 is 5.32 Å². The lowest BCUT2D eigenvalue weighted by molar-refractivity contribution is 1.11. The van der Waals surface area contributed by atoms with Crippen molar-refractivity contribution in [3.05, 3.63) is 83.3 Å². The Morgan fingerprint density at radius 2 is 1.93 bits per heavy atom. The van der Waals surface area contributed by atoms with Gasteiger partial charge >= 0.3 is 0 Å². The summed E-state index contributed by atoms with van der Waals surface area (Å²) in [4.78, 5) is 8.84. The molecule has 142 valence electrons. The fraction of sp³-hybridized carbons (Fsp3) is 0.0909. The van der Waals surface area contributed by atoms with Gasteiger partial charge in [-0.3, -0.25) is 9.38 Å². The second kappa shape index (κ2) is 7.14. The lowest BCUT2D eigenvalue weighted by atomic mass is 10.1. The van der Waals surface area contributed by atoms with E-state index in [1.54, 1.807) is 12.4 Å². The topological polar surface area (TPSA) is 68.0 Å². The number of aromatic nitrogens is 5. The highest BCUT2D eigenvalue weighted by atomic mass is 35.5. The molecule has 0 unspecified atom stereocenters. The van der Waals surface area contributed by atoms with E-state index in [-0.39, 0.29) is 0 Å². The van der Waals surface area contributed by atoms with Crippen LogP contribution in [-0.4, -0.2) is 24.6 Å². The van der Waals surface area contributed by atoms with Crippen LogP contribution >= 0.6 is 11.6 Å². The van der Waals surface area contributed by atoms with Crippen LogP contribution in [0.2, 0.25) is 5.02 Å². The molecule has 0 atom stereocenters. The molecular weight excluding hydrogens is 384 g/mol. The molecule has 1 N–H and O–H groups in total. The molecule has 7 heteroatoms. The van der Waals surface area contributed by atoms with Crippen LogP contribution in [-0.2, 0) is 6.54 Å². The highest BCUT2D eigenvalue weighted by Crippen LogP contribution is 2.29. The van der Waals surface area contributed by atoms with E-state index in [9.17, 15) is 0 Å². The maximum absolute atomic E-state index is 6.44. The number of anilines is 1. The van der Waals surface area contributed by atoms with Gasteiger partial charge in [-0.05, 0) is 48.9 Å². The Bertz CT molecular complexity index is 1330. The van der Waals surface area contributed by atoms with Crippen molar-refractivity contribution in [3.8, 4) is 11.4 Å². The van der Waals surface area contributed by atoms with E-state index in [1.165, 1.54) is 0 Å². The molecule has 0 saturated carbocycles. The van der Waals surface area contributed by atoms with Gasteiger partial charge in [0, 0.05) is 24.5 Å². The van der Waals surface area contributed by atoms with Crippen molar-refractivity contribution in [2.45, 2.75) is 13.5 Å². The van der Waals surface area contributed by atoms with Gasteiger partial charge in [0.15, 0.2) is 11.5 Å². The number of fused-ring (bicyclic) bond motifs is 3. The Morgan fingerprint density at radius 1 is 1.03 bits per heavy atom. The summed E-state index contributed by atoms with van der Waals surface area (Å²) in [6, 6.07) is 17.8. The monoisotopic (exact) mass is 400 g/mol. The molecule has 3 aromatic heterocycles. The molecule has 0 fully saturated rings. The van der Waals surface area contributed by atoms with Crippen LogP contribution in [0.25, 0.3) is 28.1 Å². The quantitative estimate of drug-likeness (QED) is 0.464. The highest BCUT2D eigenvalue weighted by Gasteiger charge is 2.16. The van der Waals surface area contributed by atoms with E-state index in [0.717, 1.165) is 39.2 Å². The van der Waals surface area contributed by atoms with E-state index >= 15 is 0 Å². The summed E-state index contributed by atoms with van der Waals surface area (Å²) in [5, 5.41) is 12.8. The van der Waals surface area contributed by atoms with E-state index in [2.05, 4.69) is 32.6 Å². The zero-order valence-electron chi connectivity index (χ0n) is 15.7. The third-order valence-corrected chi connectivity index (χ3v) is 5.16. The minimum Gasteiger partial charge on any atom is -0.380 e. The summed E-state index contributed by atoms with van der Waals surface area (Å²) < 4.78 is 2.03. The van der Waals surface area contributed by atoms with Crippen LogP contribution in [0.15, 0.2) is 67.0 Å². The Kier molecular flexibility index (Phi) is 4.33. The number of hydrogen-bond acceptors (Lipinski definition) is 5. The number of nitrogens with one attached hydrogen (secondary N) is 1. The Hall–Kier alpha value is -3.51. The molecule has 0 aliphatic heterocycles. The molecule has 0 aliphatic carbocycles. The molecule has 0 radical (unpaired) electrons. The number of pyridine rings is 1. The van der Waals surface area contributed by atoms with Gasteiger partial charge < -0.3 is 5.32 Å². The standard InChI is InChI=1S/C22H17ClN6/c1-14-21-27-28-22(17-6-2-3-7-18(17)23)29(21)20-11-15(8-9-19(20)26-14)12-25-16-5-4-10-24-13-16/h2-11,13,25H,12H2,1H3. The molecule has 0 saturated heterocycles. The van der Waals surface area contributed by atoms with E-state index in [1.807, 2.05) is 53.8 Å². The fourth-order valence-electron chi connectivity index (χ4n) is 3.42. The van der Waals surface area contributed by atoms with Gasteiger partial charge in [-0.25, -0.2) is 4.98 Å². The van der Waals surface area contributed by atoms with Gasteiger partial charge in [-0.15, -0.1) is 10.2 Å². The number of aryl methyl sites for hydroxylation is 1. The van der Waals surface area contributed by atoms with Crippen LogP contribution in [0.4, 0.5) is 5.69 Å². The molecule has 0 aliphatic rings. The summed E-state index contributed by atoms with van der Waals surface area (Å²) in [5.74, 6) is 0.707. The van der Waals surface area contributed by atoms with Crippen molar-refractivity contribution in [2.24, 2.45) is 0 Å². The first-order valence-corrected chi connectivity index (χ1v) is 9.62. The normalized spacial score (nSPS) is 11.2. The SMILES string of the molecule is Cc1nc2ccc(CNc3cccnc3)cc2n2c(-c3ccccc3Cl)nnc12. The molecule has 0 amide bonds. The lowest BCUT2D eigenvalue weighted by Gasteiger charge is -2.10. The minimum absolute atomic E-state index is 0.638. The second-order valence-corrected chi connectivity index (χ2v) is 7.19. The fourth-order valence-corrected chi connectivity index (χ4v) is 3.64. The van der Waals surface area contributed by atoms with Crippen molar-refractivity contribution in [1.82, 2.24) is 24.6 Å². The van der Waals surface area contributed by atoms with Gasteiger partial charge in [-0.2, -0.15) is 0 Å². The predicted octanol–water partition coefficient (Wildman–Crippen LogP) is 4.91. The third-order valence-electron chi connectivity index (χ3n) is 4.83. The number of nitrogens with zero attached hydrogens (tertiary/aromatic N) is 5. The Balaban J connectivity index is 1.66. The molecule has 5 rings (SSSR count). The number of benzene rings is 2. The van der Waals surface area contributed by atoms with Crippen LogP contribution in [0.3, 0.4) is 0 Å². The zero-order valence-corrected chi connectivity index (χ0v) is 16.4. The van der Waals surface area contributed by atoms with Gasteiger partial charge in [0.2, 0.25) is 0 Å². The summed E-state index contributed by atoms with van der Waals surface area (Å²) in [6.07, 6.45) is 3.56. The minimum atomic E-state index is 0.638. The average molecular weight is 401 g/mol. The molecule has 0 bridgehead atoms. The molecule has 2 aromatic carbocycles. The highest BCUT2D eigenvalue weighted by molar-refractivity contribution is 6.33. The molecular formula is C22H17ClN6. The molecule has 29 heavy (non-hydrogen) atoms. The van der Waals surface area contributed by atoms with E-state index in [4.69, 9.17) is 16.6 Å². The van der Waals surface area contributed by atoms with Crippen LogP contribution in [0, 0.1) is 6.92 Å². The summed E-state index contributed by atoms with van der Waals surface area (Å²) in [6.45, 7) is 2.61. The molecule has 3 heterocycles. The Morgan fingerprint density at radius 3 is 2.76 bits per heavy atom. The first kappa shape index (κ1) is 17.6. The maximum atomic E-state index is 6.44. The number of halogens is 1. The van der Waals surface area contributed by atoms with Crippen LogP contribution in [0.5, 0.6) is 0 Å². The average Bonchev–Trinajstić information content (AvgIpc) is 3.19. The second-order valence-electron chi connectivity index (χ2n) is 6.78. The molecule has 5 aromatic rings. The first-order valence-electron chi connectivity index (χ1n) is 9.24. The summed E-state index contributed by atoms with van der Waals surface area (Å²) in [5.41, 5.74) is 6.30. The smallest absolute Gasteiger partial charge is 0.183 e. The first-order chi connectivity index (χ1) is 14.2. The number of rotatable bonds is 4. The van der Waals surface area contributed by atoms with Gasteiger partial charge in [0.05, 0.1) is 27.4 Å². The van der Waals surface area contributed by atoms with E-state index < -0.39 is 0 Å². The van der Waals surface area contributed by atoms with Crippen molar-refractivity contribution >= 4 is 34.0 Å². The lowest BCUT2D eigenvalue weighted by Crippen LogP contribution is -2.02. The zero-order chi connectivity index (χ0) is 19.8. The van der Waals surface area contributed by atoms with Crippen molar-refractivity contribution in [1.29, 1.82) is 0 Å². The third kappa shape index (κ3) is 3.17. The van der Waals surface area contributed by atoms with Crippen LogP contribution in [0.1, 0.15) is 11.3 Å². The van der Waals surface area contributed by atoms with Gasteiger partial charge in [-0.1, -0.05) is 29.8 Å². The van der Waals surface area contributed by atoms with Crippen molar-refractivity contribution in [2.75, 3.05) is 5.32 Å². The van der Waals surface area contributed by atoms with Gasteiger partial charge in [0.25, 0.3) is 0 Å². The Labute approximate surface area is 172 Å². The summed E-state index contributed by atoms with van der Waals surface area (Å²) >= 11 is 6.44. The van der Waals surface area contributed by atoms with Gasteiger partial charge in [0.1, 0.15) is 0 Å². The molecule has 0 spiro atoms. The number of hydrogen-bond donors (Lipinski definition) is 1. The molecule has 6 nitrogen and oxygen atoms in total. The van der Waals surface area contributed by atoms with Crippen molar-refractivity contribution < 1.29 is 0 Å². The van der Waals surface area contributed by atoms with E-state index in [0.29, 0.717) is 17.4 Å².